The predicted octanol–water partition coefficient (Wildman–Crippen LogP) is 2.31. The Morgan fingerprint density at radius 3 is 2.53 bits per heavy atom. The molecule has 0 unspecified atom stereocenters. The monoisotopic (exact) mass is 204 g/mol. The SMILES string of the molecule is COc1ccc2c(c1)NCC1(CC1)CN2. The maximum Gasteiger partial charge on any atom is 0.121 e. The van der Waals surface area contributed by atoms with Crippen molar-refractivity contribution in [3.63, 3.8) is 0 Å². The molecule has 3 rings (SSSR count). The molecule has 0 bridgehead atoms. The standard InChI is InChI=1S/C12H16N2O/c1-15-9-2-3-10-11(6-9)14-8-12(4-5-12)7-13-10/h2-3,6,13-14H,4-5,7-8H2,1H3. The van der Waals surface area contributed by atoms with Gasteiger partial charge in [0.25, 0.3) is 0 Å². The Bertz CT molecular complexity index is 385. The lowest BCUT2D eigenvalue weighted by atomic mass is 10.1. The minimum absolute atomic E-state index is 0.520. The molecule has 1 aliphatic carbocycles. The van der Waals surface area contributed by atoms with Crippen LogP contribution in [0.25, 0.3) is 0 Å². The van der Waals surface area contributed by atoms with E-state index in [-0.39, 0.29) is 0 Å². The van der Waals surface area contributed by atoms with Crippen molar-refractivity contribution in [2.24, 2.45) is 5.41 Å². The van der Waals surface area contributed by atoms with Gasteiger partial charge >= 0.3 is 0 Å². The van der Waals surface area contributed by atoms with Crippen LogP contribution < -0.4 is 15.4 Å². The maximum atomic E-state index is 5.22. The number of fused-ring (bicyclic) bond motifs is 1. The van der Waals surface area contributed by atoms with Gasteiger partial charge in [-0.25, -0.2) is 0 Å². The molecule has 2 N–H and O–H groups in total. The molecular weight excluding hydrogens is 188 g/mol. The van der Waals surface area contributed by atoms with Crippen molar-refractivity contribution in [2.45, 2.75) is 12.8 Å². The molecule has 1 aromatic carbocycles. The second-order valence-corrected chi connectivity index (χ2v) is 4.62. The van der Waals surface area contributed by atoms with Gasteiger partial charge in [0.15, 0.2) is 0 Å². The summed E-state index contributed by atoms with van der Waals surface area (Å²) in [6, 6.07) is 6.14. The summed E-state index contributed by atoms with van der Waals surface area (Å²) in [6.07, 6.45) is 2.69. The zero-order chi connectivity index (χ0) is 10.3. The first-order valence-corrected chi connectivity index (χ1v) is 5.47. The van der Waals surface area contributed by atoms with Crippen LogP contribution in [0, 0.1) is 5.41 Å². The van der Waals surface area contributed by atoms with Gasteiger partial charge in [0.2, 0.25) is 0 Å². The van der Waals surface area contributed by atoms with E-state index in [1.54, 1.807) is 7.11 Å². The highest BCUT2D eigenvalue weighted by molar-refractivity contribution is 5.72. The van der Waals surface area contributed by atoms with Gasteiger partial charge in [0.1, 0.15) is 5.75 Å². The third-order valence-electron chi connectivity index (χ3n) is 3.49. The molecule has 0 aromatic heterocycles. The van der Waals surface area contributed by atoms with Crippen LogP contribution in [-0.2, 0) is 0 Å². The first-order valence-electron chi connectivity index (χ1n) is 5.47. The van der Waals surface area contributed by atoms with Gasteiger partial charge in [0.05, 0.1) is 18.5 Å². The van der Waals surface area contributed by atoms with Crippen molar-refractivity contribution in [3.8, 4) is 5.75 Å². The van der Waals surface area contributed by atoms with Crippen molar-refractivity contribution in [1.82, 2.24) is 0 Å². The van der Waals surface area contributed by atoms with Gasteiger partial charge in [-0.2, -0.15) is 0 Å². The summed E-state index contributed by atoms with van der Waals surface area (Å²) in [5.74, 6) is 0.912. The van der Waals surface area contributed by atoms with E-state index < -0.39 is 0 Å². The number of hydrogen-bond acceptors (Lipinski definition) is 3. The second-order valence-electron chi connectivity index (χ2n) is 4.62. The van der Waals surface area contributed by atoms with E-state index in [0.717, 1.165) is 24.5 Å². The lowest BCUT2D eigenvalue weighted by molar-refractivity contribution is 0.415. The van der Waals surface area contributed by atoms with Crippen molar-refractivity contribution < 1.29 is 4.74 Å². The van der Waals surface area contributed by atoms with Crippen molar-refractivity contribution in [3.05, 3.63) is 18.2 Å². The molecule has 1 aliphatic heterocycles. The van der Waals surface area contributed by atoms with Gasteiger partial charge in [-0.1, -0.05) is 0 Å². The zero-order valence-electron chi connectivity index (χ0n) is 8.97. The molecule has 2 aliphatic rings. The Morgan fingerprint density at radius 2 is 1.87 bits per heavy atom. The molecule has 1 heterocycles. The number of rotatable bonds is 1. The number of hydrogen-bond donors (Lipinski definition) is 2. The van der Waals surface area contributed by atoms with Crippen molar-refractivity contribution in [1.29, 1.82) is 0 Å². The van der Waals surface area contributed by atoms with E-state index in [0.29, 0.717) is 5.41 Å². The molecule has 15 heavy (non-hydrogen) atoms. The summed E-state index contributed by atoms with van der Waals surface area (Å²) < 4.78 is 5.22. The Morgan fingerprint density at radius 1 is 1.13 bits per heavy atom. The average Bonchev–Trinajstić information content (AvgIpc) is 3.07. The zero-order valence-corrected chi connectivity index (χ0v) is 8.97. The summed E-state index contributed by atoms with van der Waals surface area (Å²) in [4.78, 5) is 0. The first kappa shape index (κ1) is 8.89. The smallest absolute Gasteiger partial charge is 0.121 e. The number of nitrogens with one attached hydrogen (secondary N) is 2. The van der Waals surface area contributed by atoms with Crippen LogP contribution in [0.2, 0.25) is 0 Å². The van der Waals surface area contributed by atoms with Crippen LogP contribution in [0.4, 0.5) is 11.4 Å². The summed E-state index contributed by atoms with van der Waals surface area (Å²) in [7, 11) is 1.70. The lowest BCUT2D eigenvalue weighted by Crippen LogP contribution is -2.19. The summed E-state index contributed by atoms with van der Waals surface area (Å²) >= 11 is 0. The fraction of sp³-hybridized carbons (Fsp3) is 0.500. The molecule has 1 aromatic rings. The van der Waals surface area contributed by atoms with Crippen molar-refractivity contribution >= 4 is 11.4 Å². The van der Waals surface area contributed by atoms with E-state index in [1.807, 2.05) is 6.07 Å². The Hall–Kier alpha value is -1.38. The van der Waals surface area contributed by atoms with Crippen LogP contribution in [0.5, 0.6) is 5.75 Å². The highest BCUT2D eigenvalue weighted by atomic mass is 16.5. The van der Waals surface area contributed by atoms with Crippen LogP contribution in [0.1, 0.15) is 12.8 Å². The first-order chi connectivity index (χ1) is 7.31. The predicted molar refractivity (Wildman–Crippen MR) is 61.6 cm³/mol. The quantitative estimate of drug-likeness (QED) is 0.736. The third-order valence-corrected chi connectivity index (χ3v) is 3.49. The van der Waals surface area contributed by atoms with E-state index in [1.165, 1.54) is 18.5 Å². The molecule has 0 amide bonds. The van der Waals surface area contributed by atoms with Gasteiger partial charge in [-0.05, 0) is 25.0 Å². The fourth-order valence-corrected chi connectivity index (χ4v) is 2.11. The molecule has 1 fully saturated rings. The Labute approximate surface area is 89.8 Å². The van der Waals surface area contributed by atoms with Gasteiger partial charge in [-0.3, -0.25) is 0 Å². The minimum Gasteiger partial charge on any atom is -0.497 e. The van der Waals surface area contributed by atoms with Gasteiger partial charge in [-0.15, -0.1) is 0 Å². The van der Waals surface area contributed by atoms with Crippen LogP contribution >= 0.6 is 0 Å². The van der Waals surface area contributed by atoms with Crippen LogP contribution in [-0.4, -0.2) is 20.2 Å². The average molecular weight is 204 g/mol. The molecule has 1 saturated carbocycles. The molecule has 3 nitrogen and oxygen atoms in total. The number of methoxy groups -OCH3 is 1. The minimum atomic E-state index is 0.520. The topological polar surface area (TPSA) is 33.3 Å². The largest absolute Gasteiger partial charge is 0.497 e. The van der Waals surface area contributed by atoms with E-state index in [9.17, 15) is 0 Å². The van der Waals surface area contributed by atoms with Crippen LogP contribution in [0.3, 0.4) is 0 Å². The van der Waals surface area contributed by atoms with Crippen LogP contribution in [0.15, 0.2) is 18.2 Å². The maximum absolute atomic E-state index is 5.22. The Kier molecular flexibility index (Phi) is 1.81. The normalized spacial score (nSPS) is 20.9. The van der Waals surface area contributed by atoms with Gasteiger partial charge < -0.3 is 15.4 Å². The third kappa shape index (κ3) is 1.52. The van der Waals surface area contributed by atoms with Crippen molar-refractivity contribution in [2.75, 3.05) is 30.8 Å². The molecule has 0 atom stereocenters. The second kappa shape index (κ2) is 3.05. The lowest BCUT2D eigenvalue weighted by Gasteiger charge is -2.10. The summed E-state index contributed by atoms with van der Waals surface area (Å²) in [5, 5.41) is 7.02. The number of anilines is 2. The molecule has 3 heteroatoms. The molecule has 0 saturated heterocycles. The highest BCUT2D eigenvalue weighted by Crippen LogP contribution is 2.47. The molecule has 1 spiro atoms. The van der Waals surface area contributed by atoms with E-state index in [4.69, 9.17) is 4.74 Å². The number of ether oxygens (including phenoxy) is 1. The fourth-order valence-electron chi connectivity index (χ4n) is 2.11. The van der Waals surface area contributed by atoms with Gasteiger partial charge in [0, 0.05) is 24.6 Å². The number of benzene rings is 1. The molecule has 0 radical (unpaired) electrons. The molecule has 80 valence electrons. The Balaban J connectivity index is 1.89. The highest BCUT2D eigenvalue weighted by Gasteiger charge is 2.43. The van der Waals surface area contributed by atoms with E-state index >= 15 is 0 Å². The summed E-state index contributed by atoms with van der Waals surface area (Å²) in [6.45, 7) is 2.18. The molecular formula is C12H16N2O. The summed E-state index contributed by atoms with van der Waals surface area (Å²) in [5.41, 5.74) is 2.88. The van der Waals surface area contributed by atoms with E-state index in [2.05, 4.69) is 22.8 Å².